The number of sulfonamides is 1. The maximum Gasteiger partial charge on any atom is 0.237 e. The molecular weight excluding hydrogens is 312 g/mol. The largest absolute Gasteiger partial charge is 0.385 e. The van der Waals surface area contributed by atoms with E-state index in [2.05, 4.69) is 4.72 Å². The number of aryl methyl sites for hydroxylation is 1. The molecule has 120 valence electrons. The van der Waals surface area contributed by atoms with Crippen molar-refractivity contribution in [1.82, 2.24) is 9.62 Å². The van der Waals surface area contributed by atoms with Gasteiger partial charge in [0, 0.05) is 25.6 Å². The Morgan fingerprint density at radius 2 is 2.19 bits per heavy atom. The van der Waals surface area contributed by atoms with Crippen molar-refractivity contribution in [3.8, 4) is 0 Å². The van der Waals surface area contributed by atoms with Crippen LogP contribution < -0.4 is 4.72 Å². The van der Waals surface area contributed by atoms with E-state index in [4.69, 9.17) is 4.74 Å². The first-order chi connectivity index (χ1) is 9.85. The average Bonchev–Trinajstić information content (AvgIpc) is 2.82. The van der Waals surface area contributed by atoms with Gasteiger partial charge in [-0.15, -0.1) is 11.3 Å². The van der Waals surface area contributed by atoms with Gasteiger partial charge in [0.2, 0.25) is 15.9 Å². The number of rotatable bonds is 9. The highest BCUT2D eigenvalue weighted by Gasteiger charge is 2.15. The van der Waals surface area contributed by atoms with Crippen molar-refractivity contribution in [3.63, 3.8) is 0 Å². The first-order valence-electron chi connectivity index (χ1n) is 6.59. The zero-order chi connectivity index (χ0) is 15.9. The second kappa shape index (κ2) is 8.47. The highest BCUT2D eigenvalue weighted by molar-refractivity contribution is 7.89. The molecule has 0 saturated carbocycles. The van der Waals surface area contributed by atoms with E-state index >= 15 is 0 Å². The zero-order valence-corrected chi connectivity index (χ0v) is 14.2. The summed E-state index contributed by atoms with van der Waals surface area (Å²) in [6.45, 7) is 2.65. The van der Waals surface area contributed by atoms with Gasteiger partial charge in [-0.3, -0.25) is 4.79 Å². The minimum atomic E-state index is -3.43. The van der Waals surface area contributed by atoms with E-state index in [0.29, 0.717) is 19.6 Å². The van der Waals surface area contributed by atoms with Gasteiger partial charge in [-0.1, -0.05) is 0 Å². The van der Waals surface area contributed by atoms with Crippen LogP contribution in [0.5, 0.6) is 0 Å². The smallest absolute Gasteiger partial charge is 0.237 e. The number of amides is 1. The average molecular weight is 334 g/mol. The van der Waals surface area contributed by atoms with E-state index in [0.717, 1.165) is 10.4 Å². The van der Waals surface area contributed by atoms with E-state index in [1.54, 1.807) is 18.4 Å². The van der Waals surface area contributed by atoms with Crippen molar-refractivity contribution in [1.29, 1.82) is 0 Å². The summed E-state index contributed by atoms with van der Waals surface area (Å²) in [4.78, 5) is 14.6. The van der Waals surface area contributed by atoms with E-state index in [1.165, 1.54) is 12.0 Å². The van der Waals surface area contributed by atoms with E-state index in [1.807, 2.05) is 18.4 Å². The van der Waals surface area contributed by atoms with Gasteiger partial charge in [0.15, 0.2) is 0 Å². The van der Waals surface area contributed by atoms with Gasteiger partial charge in [-0.25, -0.2) is 13.1 Å². The van der Waals surface area contributed by atoms with Crippen LogP contribution in [0.1, 0.15) is 16.9 Å². The molecule has 1 aromatic rings. The predicted octanol–water partition coefficient (Wildman–Crippen LogP) is 0.971. The number of carbonyl (C=O) groups excluding carboxylic acids is 1. The van der Waals surface area contributed by atoms with Gasteiger partial charge in [-0.05, 0) is 30.4 Å². The first-order valence-corrected chi connectivity index (χ1v) is 9.12. The molecule has 21 heavy (non-hydrogen) atoms. The van der Waals surface area contributed by atoms with Crippen molar-refractivity contribution in [3.05, 3.63) is 21.9 Å². The molecule has 6 nitrogen and oxygen atoms in total. The van der Waals surface area contributed by atoms with E-state index < -0.39 is 10.0 Å². The van der Waals surface area contributed by atoms with Gasteiger partial charge in [-0.2, -0.15) is 0 Å². The molecule has 1 aromatic heterocycles. The number of hydrogen-bond donors (Lipinski definition) is 1. The Morgan fingerprint density at radius 3 is 2.76 bits per heavy atom. The van der Waals surface area contributed by atoms with Crippen LogP contribution in [0.15, 0.2) is 11.4 Å². The number of thiophene rings is 1. The number of hydrogen-bond acceptors (Lipinski definition) is 5. The summed E-state index contributed by atoms with van der Waals surface area (Å²) in [5.41, 5.74) is 1.14. The molecule has 0 aliphatic rings. The van der Waals surface area contributed by atoms with Gasteiger partial charge >= 0.3 is 0 Å². The summed E-state index contributed by atoms with van der Waals surface area (Å²) in [6.07, 6.45) is 0.407. The molecule has 0 aliphatic heterocycles. The van der Waals surface area contributed by atoms with Crippen molar-refractivity contribution >= 4 is 27.3 Å². The Bertz CT molecular complexity index is 554. The quantitative estimate of drug-likeness (QED) is 0.683. The second-order valence-electron chi connectivity index (χ2n) is 4.76. The highest BCUT2D eigenvalue weighted by Crippen LogP contribution is 2.17. The van der Waals surface area contributed by atoms with Crippen LogP contribution in [0.3, 0.4) is 0 Å². The molecule has 0 atom stereocenters. The summed E-state index contributed by atoms with van der Waals surface area (Å²) in [6, 6.07) is 2.00. The fourth-order valence-electron chi connectivity index (χ4n) is 1.64. The van der Waals surface area contributed by atoms with Crippen molar-refractivity contribution in [2.75, 3.05) is 33.1 Å². The highest BCUT2D eigenvalue weighted by atomic mass is 32.2. The maximum absolute atomic E-state index is 11.9. The summed E-state index contributed by atoms with van der Waals surface area (Å²) in [5.74, 6) is -0.292. The lowest BCUT2D eigenvalue weighted by molar-refractivity contribution is -0.129. The Kier molecular flexibility index (Phi) is 7.30. The fraction of sp³-hybridized carbons (Fsp3) is 0.615. The minimum Gasteiger partial charge on any atom is -0.385 e. The lowest BCUT2D eigenvalue weighted by atomic mass is 10.3. The number of carbonyl (C=O) groups is 1. The number of ether oxygens (including phenoxy) is 1. The van der Waals surface area contributed by atoms with Crippen LogP contribution in [0.25, 0.3) is 0 Å². The predicted molar refractivity (Wildman–Crippen MR) is 83.8 cm³/mol. The summed E-state index contributed by atoms with van der Waals surface area (Å²) in [5, 5.41) is 1.97. The Hall–Kier alpha value is -0.960. The SMILES string of the molecule is COCCCS(=O)(=O)NCC(=O)N(C)Cc1sccc1C. The van der Waals surface area contributed by atoms with Gasteiger partial charge in [0.05, 0.1) is 18.8 Å². The molecule has 0 fully saturated rings. The molecule has 0 radical (unpaired) electrons. The lowest BCUT2D eigenvalue weighted by Gasteiger charge is -2.17. The number of nitrogens with one attached hydrogen (secondary N) is 1. The van der Waals surface area contributed by atoms with Gasteiger partial charge in [0.25, 0.3) is 0 Å². The van der Waals surface area contributed by atoms with E-state index in [9.17, 15) is 13.2 Å². The summed E-state index contributed by atoms with van der Waals surface area (Å²) < 4.78 is 30.5. The second-order valence-corrected chi connectivity index (χ2v) is 7.69. The first kappa shape index (κ1) is 18.1. The molecule has 0 spiro atoms. The molecule has 0 saturated heterocycles. The third-order valence-electron chi connectivity index (χ3n) is 2.98. The van der Waals surface area contributed by atoms with Crippen molar-refractivity contribution in [2.45, 2.75) is 19.9 Å². The zero-order valence-electron chi connectivity index (χ0n) is 12.6. The standard InChI is InChI=1S/C13H22N2O4S2/c1-11-5-7-20-12(11)10-15(2)13(16)9-14-21(17,18)8-4-6-19-3/h5,7,14H,4,6,8-10H2,1-3H3. The van der Waals surface area contributed by atoms with Crippen LogP contribution >= 0.6 is 11.3 Å². The fourth-order valence-corrected chi connectivity index (χ4v) is 3.59. The molecule has 0 aliphatic carbocycles. The molecule has 0 bridgehead atoms. The molecule has 1 amide bonds. The number of methoxy groups -OCH3 is 1. The van der Waals surface area contributed by atoms with Crippen LogP contribution in [0.4, 0.5) is 0 Å². The molecular formula is C13H22N2O4S2. The summed E-state index contributed by atoms with van der Waals surface area (Å²) >= 11 is 1.59. The van der Waals surface area contributed by atoms with Crippen LogP contribution in [0.2, 0.25) is 0 Å². The van der Waals surface area contributed by atoms with E-state index in [-0.39, 0.29) is 18.2 Å². The maximum atomic E-state index is 11.9. The van der Waals surface area contributed by atoms with Crippen LogP contribution in [-0.2, 0) is 26.1 Å². The molecule has 0 aromatic carbocycles. The Balaban J connectivity index is 2.40. The van der Waals surface area contributed by atoms with Gasteiger partial charge < -0.3 is 9.64 Å². The third-order valence-corrected chi connectivity index (χ3v) is 5.40. The van der Waals surface area contributed by atoms with Crippen molar-refractivity contribution in [2.24, 2.45) is 0 Å². The number of nitrogens with zero attached hydrogens (tertiary/aromatic N) is 1. The van der Waals surface area contributed by atoms with Crippen molar-refractivity contribution < 1.29 is 17.9 Å². The molecule has 8 heteroatoms. The molecule has 0 unspecified atom stereocenters. The Morgan fingerprint density at radius 1 is 1.48 bits per heavy atom. The minimum absolute atomic E-state index is 0.0398. The lowest BCUT2D eigenvalue weighted by Crippen LogP contribution is -2.38. The topological polar surface area (TPSA) is 75.7 Å². The van der Waals surface area contributed by atoms with Crippen LogP contribution in [0, 0.1) is 6.92 Å². The van der Waals surface area contributed by atoms with Crippen LogP contribution in [-0.4, -0.2) is 52.3 Å². The third kappa shape index (κ3) is 6.56. The molecule has 1 heterocycles. The Labute approximate surface area is 130 Å². The monoisotopic (exact) mass is 334 g/mol. The van der Waals surface area contributed by atoms with Gasteiger partial charge in [0.1, 0.15) is 0 Å². The number of likely N-dealkylation sites (N-methyl/N-ethyl adjacent to an activating group) is 1. The molecule has 1 N–H and O–H groups in total. The normalized spacial score (nSPS) is 11.6. The summed E-state index contributed by atoms with van der Waals surface area (Å²) in [7, 11) is -0.241. The molecule has 1 rings (SSSR count).